The summed E-state index contributed by atoms with van der Waals surface area (Å²) in [7, 11) is -3.84. The molecule has 2 fully saturated rings. The fourth-order valence-electron chi connectivity index (χ4n) is 5.66. The summed E-state index contributed by atoms with van der Waals surface area (Å²) in [6.45, 7) is 10.6. The number of anilines is 2. The topological polar surface area (TPSA) is 69.7 Å². The number of hydrogen-bond donors (Lipinski definition) is 1. The predicted octanol–water partition coefficient (Wildman–Crippen LogP) is 5.95. The van der Waals surface area contributed by atoms with Crippen molar-refractivity contribution in [3.63, 3.8) is 0 Å². The van der Waals surface area contributed by atoms with E-state index in [1.807, 2.05) is 49.4 Å². The first-order chi connectivity index (χ1) is 16.5. The molecular weight excluding hydrogens is 458 g/mol. The maximum atomic E-state index is 13.9. The van der Waals surface area contributed by atoms with Crippen molar-refractivity contribution in [2.75, 3.05) is 22.7 Å². The van der Waals surface area contributed by atoms with Crippen molar-refractivity contribution in [2.24, 2.45) is 0 Å². The number of aryl methyl sites for hydroxylation is 1. The fourth-order valence-corrected chi connectivity index (χ4v) is 7.70. The van der Waals surface area contributed by atoms with Gasteiger partial charge in [-0.05, 0) is 54.9 Å². The summed E-state index contributed by atoms with van der Waals surface area (Å²) >= 11 is 0. The second-order valence-corrected chi connectivity index (χ2v) is 12.6. The normalized spacial score (nSPS) is 19.6. The Morgan fingerprint density at radius 2 is 1.51 bits per heavy atom. The van der Waals surface area contributed by atoms with E-state index in [2.05, 4.69) is 33.0 Å². The number of nitrogens with zero attached hydrogens (tertiary/aromatic N) is 2. The molecule has 0 bridgehead atoms. The Hall–Kier alpha value is -2.38. The highest BCUT2D eigenvalue weighted by atomic mass is 32.2. The quantitative estimate of drug-likeness (QED) is 0.536. The van der Waals surface area contributed by atoms with E-state index in [9.17, 15) is 13.2 Å². The molecule has 35 heavy (non-hydrogen) atoms. The van der Waals surface area contributed by atoms with E-state index >= 15 is 0 Å². The molecule has 7 heteroatoms. The third kappa shape index (κ3) is 4.98. The second-order valence-electron chi connectivity index (χ2n) is 10.8. The van der Waals surface area contributed by atoms with Gasteiger partial charge in [-0.2, -0.15) is 12.7 Å². The molecule has 1 aliphatic heterocycles. The van der Waals surface area contributed by atoms with Crippen LogP contribution in [-0.2, 0) is 15.0 Å². The first-order valence-electron chi connectivity index (χ1n) is 12.8. The summed E-state index contributed by atoms with van der Waals surface area (Å²) in [5.74, 6) is 0.185. The van der Waals surface area contributed by atoms with Gasteiger partial charge >= 0.3 is 10.2 Å². The predicted molar refractivity (Wildman–Crippen MR) is 143 cm³/mol. The van der Waals surface area contributed by atoms with Gasteiger partial charge in [-0.1, -0.05) is 82.9 Å². The van der Waals surface area contributed by atoms with Gasteiger partial charge in [0.15, 0.2) is 0 Å². The number of amides is 1. The van der Waals surface area contributed by atoms with Crippen molar-refractivity contribution < 1.29 is 13.2 Å². The maximum absolute atomic E-state index is 13.9. The average molecular weight is 498 g/mol. The molecule has 1 spiro atoms. The number of nitrogens with one attached hydrogen (secondary N) is 1. The van der Waals surface area contributed by atoms with Crippen molar-refractivity contribution in [1.82, 2.24) is 4.31 Å². The van der Waals surface area contributed by atoms with Crippen LogP contribution in [0.3, 0.4) is 0 Å². The minimum Gasteiger partial charge on any atom is -0.324 e. The number of hydrogen-bond acceptors (Lipinski definition) is 3. The van der Waals surface area contributed by atoms with Gasteiger partial charge in [0, 0.05) is 12.2 Å². The highest BCUT2D eigenvalue weighted by molar-refractivity contribution is 7.90. The number of rotatable bonds is 6. The summed E-state index contributed by atoms with van der Waals surface area (Å²) in [5, 5.41) is 3.10. The van der Waals surface area contributed by atoms with Gasteiger partial charge < -0.3 is 5.32 Å². The van der Waals surface area contributed by atoms with Crippen LogP contribution in [-0.4, -0.2) is 37.3 Å². The number of para-hydroxylation sites is 1. The van der Waals surface area contributed by atoms with E-state index < -0.39 is 15.7 Å². The fraction of sp³-hybridized carbons (Fsp3) is 0.536. The summed E-state index contributed by atoms with van der Waals surface area (Å²) in [5.41, 5.74) is 4.24. The van der Waals surface area contributed by atoms with E-state index in [1.54, 1.807) is 4.31 Å². The lowest BCUT2D eigenvalue weighted by Crippen LogP contribution is -2.49. The van der Waals surface area contributed by atoms with E-state index in [4.69, 9.17) is 0 Å². The van der Waals surface area contributed by atoms with Crippen LogP contribution >= 0.6 is 0 Å². The number of carbonyl (C=O) groups is 1. The van der Waals surface area contributed by atoms with E-state index in [0.29, 0.717) is 12.2 Å². The van der Waals surface area contributed by atoms with Crippen molar-refractivity contribution in [3.8, 4) is 0 Å². The highest BCUT2D eigenvalue weighted by Crippen LogP contribution is 2.45. The zero-order valence-corrected chi connectivity index (χ0v) is 22.5. The third-order valence-corrected chi connectivity index (χ3v) is 9.44. The molecule has 6 nitrogen and oxygen atoms in total. The summed E-state index contributed by atoms with van der Waals surface area (Å²) in [4.78, 5) is 13.3. The van der Waals surface area contributed by atoms with Gasteiger partial charge in [0.1, 0.15) is 0 Å². The van der Waals surface area contributed by atoms with Gasteiger partial charge in [0.25, 0.3) is 0 Å². The number of benzene rings is 2. The molecule has 0 radical (unpaired) electrons. The van der Waals surface area contributed by atoms with Crippen molar-refractivity contribution in [1.29, 1.82) is 0 Å². The average Bonchev–Trinajstić information content (AvgIpc) is 3.00. The first-order valence-corrected chi connectivity index (χ1v) is 14.2. The molecular formula is C28H39N3O3S. The summed E-state index contributed by atoms with van der Waals surface area (Å²) < 4.78 is 30.7. The first kappa shape index (κ1) is 25.7. The van der Waals surface area contributed by atoms with Gasteiger partial charge in [0.2, 0.25) is 5.91 Å². The van der Waals surface area contributed by atoms with Crippen molar-refractivity contribution in [2.45, 2.75) is 84.1 Å². The van der Waals surface area contributed by atoms with Crippen molar-refractivity contribution >= 4 is 27.5 Å². The standard InChI is InChI=1S/C28H39N3O3S/c1-20(2)24-10-9-11-25(21(3)4)27(24)29-26(32)18-30-19-28(16-7-6-8-17-28)31(35(30,33)34)23-14-12-22(5)13-15-23/h9-15,20-21H,6-8,16-19H2,1-5H3,(H,29,32). The van der Waals surface area contributed by atoms with Crippen LogP contribution < -0.4 is 9.62 Å². The molecule has 2 aromatic rings. The van der Waals surface area contributed by atoms with Crippen LogP contribution in [0.5, 0.6) is 0 Å². The zero-order chi connectivity index (χ0) is 25.4. The molecule has 1 N–H and O–H groups in total. The molecule has 1 heterocycles. The van der Waals surface area contributed by atoms with E-state index in [1.165, 1.54) is 4.31 Å². The molecule has 0 unspecified atom stereocenters. The van der Waals surface area contributed by atoms with Gasteiger partial charge in [-0.3, -0.25) is 9.10 Å². The Balaban J connectivity index is 1.64. The Kier molecular flexibility index (Phi) is 7.30. The monoisotopic (exact) mass is 497 g/mol. The lowest BCUT2D eigenvalue weighted by Gasteiger charge is -2.40. The second kappa shape index (κ2) is 9.94. The third-order valence-electron chi connectivity index (χ3n) is 7.47. The van der Waals surface area contributed by atoms with Crippen LogP contribution in [0.1, 0.15) is 88.3 Å². The molecule has 1 aliphatic carbocycles. The van der Waals surface area contributed by atoms with Crippen molar-refractivity contribution in [3.05, 3.63) is 59.2 Å². The smallest absolute Gasteiger partial charge is 0.305 e. The summed E-state index contributed by atoms with van der Waals surface area (Å²) in [6, 6.07) is 13.8. The molecule has 2 aliphatic rings. The highest BCUT2D eigenvalue weighted by Gasteiger charge is 2.54. The van der Waals surface area contributed by atoms with Gasteiger partial charge in [-0.15, -0.1) is 0 Å². The van der Waals surface area contributed by atoms with Crippen LogP contribution in [0.15, 0.2) is 42.5 Å². The molecule has 190 valence electrons. The lowest BCUT2D eigenvalue weighted by atomic mass is 9.81. The van der Waals surface area contributed by atoms with Crippen LogP contribution in [0.4, 0.5) is 11.4 Å². The molecule has 1 saturated heterocycles. The van der Waals surface area contributed by atoms with Crippen LogP contribution in [0.25, 0.3) is 0 Å². The van der Waals surface area contributed by atoms with Gasteiger partial charge in [-0.25, -0.2) is 0 Å². The molecule has 0 atom stereocenters. The zero-order valence-electron chi connectivity index (χ0n) is 21.7. The minimum absolute atomic E-state index is 0.184. The van der Waals surface area contributed by atoms with E-state index in [-0.39, 0.29) is 24.3 Å². The van der Waals surface area contributed by atoms with Crippen LogP contribution in [0.2, 0.25) is 0 Å². The summed E-state index contributed by atoms with van der Waals surface area (Å²) in [6.07, 6.45) is 4.74. The Labute approximate surface area is 210 Å². The maximum Gasteiger partial charge on any atom is 0.305 e. The largest absolute Gasteiger partial charge is 0.324 e. The molecule has 1 saturated carbocycles. The van der Waals surface area contributed by atoms with Gasteiger partial charge in [0.05, 0.1) is 17.8 Å². The Morgan fingerprint density at radius 1 is 0.943 bits per heavy atom. The SMILES string of the molecule is Cc1ccc(N2C3(CCCCC3)CN(CC(=O)Nc3c(C(C)C)cccc3C(C)C)S2(=O)=O)cc1. The van der Waals surface area contributed by atoms with Crippen LogP contribution in [0, 0.1) is 6.92 Å². The lowest BCUT2D eigenvalue weighted by molar-refractivity contribution is -0.116. The Bertz CT molecular complexity index is 1140. The molecule has 0 aromatic heterocycles. The molecule has 1 amide bonds. The molecule has 2 aromatic carbocycles. The Morgan fingerprint density at radius 3 is 2.06 bits per heavy atom. The minimum atomic E-state index is -3.84. The number of carbonyl (C=O) groups excluding carboxylic acids is 1. The molecule has 4 rings (SSSR count). The van der Waals surface area contributed by atoms with E-state index in [0.717, 1.165) is 54.5 Å².